The molecule has 0 spiro atoms. The molecule has 2 rings (SSSR count). The maximum Gasteiger partial charge on any atom is 0.227 e. The Balaban J connectivity index is 1.94. The van der Waals surface area contributed by atoms with Crippen molar-refractivity contribution in [3.05, 3.63) is 11.7 Å². The highest BCUT2D eigenvalue weighted by Gasteiger charge is 2.26. The molecule has 0 saturated heterocycles. The van der Waals surface area contributed by atoms with Gasteiger partial charge in [-0.25, -0.2) is 0 Å². The van der Waals surface area contributed by atoms with Crippen LogP contribution in [0.25, 0.3) is 0 Å². The van der Waals surface area contributed by atoms with Crippen LogP contribution >= 0.6 is 0 Å². The van der Waals surface area contributed by atoms with E-state index >= 15 is 0 Å². The van der Waals surface area contributed by atoms with Crippen LogP contribution in [0.15, 0.2) is 4.52 Å². The summed E-state index contributed by atoms with van der Waals surface area (Å²) in [5.41, 5.74) is 0. The van der Waals surface area contributed by atoms with Crippen LogP contribution in [0.3, 0.4) is 0 Å². The molecule has 0 aromatic carbocycles. The highest BCUT2D eigenvalue weighted by Crippen LogP contribution is 2.36. The standard InChI is InChI=1S/C11H19N3O/c1-8-3-4-9(7-8)11-13-10(15-14-11)5-6-12-2/h8-9,12H,3-7H2,1-2H3. The largest absolute Gasteiger partial charge is 0.339 e. The summed E-state index contributed by atoms with van der Waals surface area (Å²) in [5, 5.41) is 7.15. The Kier molecular flexibility index (Phi) is 3.36. The number of aromatic nitrogens is 2. The van der Waals surface area contributed by atoms with Crippen molar-refractivity contribution in [1.82, 2.24) is 15.5 Å². The summed E-state index contributed by atoms with van der Waals surface area (Å²) >= 11 is 0. The number of nitrogens with one attached hydrogen (secondary N) is 1. The molecule has 1 aromatic rings. The van der Waals surface area contributed by atoms with Crippen LogP contribution in [0.4, 0.5) is 0 Å². The monoisotopic (exact) mass is 209 g/mol. The quantitative estimate of drug-likeness (QED) is 0.820. The first-order valence-corrected chi connectivity index (χ1v) is 5.76. The third kappa shape index (κ3) is 2.56. The van der Waals surface area contributed by atoms with Crippen molar-refractivity contribution in [1.29, 1.82) is 0 Å². The van der Waals surface area contributed by atoms with Gasteiger partial charge in [-0.05, 0) is 32.2 Å². The van der Waals surface area contributed by atoms with Gasteiger partial charge in [-0.3, -0.25) is 0 Å². The van der Waals surface area contributed by atoms with Crippen LogP contribution in [0.1, 0.15) is 43.8 Å². The summed E-state index contributed by atoms with van der Waals surface area (Å²) in [6, 6.07) is 0. The normalized spacial score (nSPS) is 26.0. The molecule has 1 heterocycles. The minimum Gasteiger partial charge on any atom is -0.339 e. The molecule has 1 aliphatic rings. The molecule has 15 heavy (non-hydrogen) atoms. The van der Waals surface area contributed by atoms with Gasteiger partial charge in [0.25, 0.3) is 0 Å². The molecule has 0 amide bonds. The molecule has 1 saturated carbocycles. The topological polar surface area (TPSA) is 51.0 Å². The summed E-state index contributed by atoms with van der Waals surface area (Å²) < 4.78 is 5.21. The third-order valence-corrected chi connectivity index (χ3v) is 3.13. The van der Waals surface area contributed by atoms with Gasteiger partial charge in [0, 0.05) is 18.9 Å². The number of likely N-dealkylation sites (N-methyl/N-ethyl adjacent to an activating group) is 1. The molecule has 1 aliphatic carbocycles. The van der Waals surface area contributed by atoms with Gasteiger partial charge in [-0.15, -0.1) is 0 Å². The van der Waals surface area contributed by atoms with Crippen molar-refractivity contribution in [2.45, 2.75) is 38.5 Å². The Morgan fingerprint density at radius 3 is 3.00 bits per heavy atom. The van der Waals surface area contributed by atoms with Gasteiger partial charge in [-0.2, -0.15) is 4.98 Å². The first-order valence-electron chi connectivity index (χ1n) is 5.76. The molecule has 0 aliphatic heterocycles. The summed E-state index contributed by atoms with van der Waals surface area (Å²) in [7, 11) is 1.93. The Hall–Kier alpha value is -0.900. The average molecular weight is 209 g/mol. The van der Waals surface area contributed by atoms with E-state index in [1.807, 2.05) is 7.05 Å². The molecule has 84 valence electrons. The Morgan fingerprint density at radius 1 is 1.47 bits per heavy atom. The van der Waals surface area contributed by atoms with E-state index in [1.54, 1.807) is 0 Å². The fraction of sp³-hybridized carbons (Fsp3) is 0.818. The summed E-state index contributed by atoms with van der Waals surface area (Å²) in [4.78, 5) is 4.45. The predicted octanol–water partition coefficient (Wildman–Crippen LogP) is 1.74. The van der Waals surface area contributed by atoms with Gasteiger partial charge >= 0.3 is 0 Å². The zero-order valence-electron chi connectivity index (χ0n) is 9.49. The minimum absolute atomic E-state index is 0.534. The molecule has 2 atom stereocenters. The van der Waals surface area contributed by atoms with E-state index in [9.17, 15) is 0 Å². The van der Waals surface area contributed by atoms with Crippen molar-refractivity contribution in [3.8, 4) is 0 Å². The molecule has 1 fully saturated rings. The Bertz CT molecular complexity index is 311. The van der Waals surface area contributed by atoms with Gasteiger partial charge < -0.3 is 9.84 Å². The zero-order chi connectivity index (χ0) is 10.7. The Morgan fingerprint density at radius 2 is 2.33 bits per heavy atom. The number of hydrogen-bond acceptors (Lipinski definition) is 4. The van der Waals surface area contributed by atoms with Crippen LogP contribution in [0, 0.1) is 5.92 Å². The molecular formula is C11H19N3O. The molecule has 0 bridgehead atoms. The molecular weight excluding hydrogens is 190 g/mol. The van der Waals surface area contributed by atoms with Crippen molar-refractivity contribution in [3.63, 3.8) is 0 Å². The van der Waals surface area contributed by atoms with E-state index in [1.165, 1.54) is 19.3 Å². The average Bonchev–Trinajstić information content (AvgIpc) is 2.83. The fourth-order valence-corrected chi connectivity index (χ4v) is 2.21. The predicted molar refractivity (Wildman–Crippen MR) is 57.7 cm³/mol. The van der Waals surface area contributed by atoms with Crippen LogP contribution < -0.4 is 5.32 Å². The molecule has 4 nitrogen and oxygen atoms in total. The van der Waals surface area contributed by atoms with Crippen LogP contribution in [0.5, 0.6) is 0 Å². The number of hydrogen-bond donors (Lipinski definition) is 1. The zero-order valence-corrected chi connectivity index (χ0v) is 9.49. The van der Waals surface area contributed by atoms with Crippen molar-refractivity contribution < 1.29 is 4.52 Å². The molecule has 4 heteroatoms. The van der Waals surface area contributed by atoms with Crippen molar-refractivity contribution in [2.24, 2.45) is 5.92 Å². The van der Waals surface area contributed by atoms with E-state index < -0.39 is 0 Å². The lowest BCUT2D eigenvalue weighted by Gasteiger charge is -2.01. The van der Waals surface area contributed by atoms with E-state index in [0.717, 1.165) is 30.6 Å². The smallest absolute Gasteiger partial charge is 0.227 e. The lowest BCUT2D eigenvalue weighted by atomic mass is 10.1. The summed E-state index contributed by atoms with van der Waals surface area (Å²) in [5.74, 6) is 3.03. The molecule has 1 aromatic heterocycles. The summed E-state index contributed by atoms with van der Waals surface area (Å²) in [6.07, 6.45) is 4.55. The van der Waals surface area contributed by atoms with E-state index in [2.05, 4.69) is 22.4 Å². The van der Waals surface area contributed by atoms with E-state index in [4.69, 9.17) is 4.52 Å². The lowest BCUT2D eigenvalue weighted by molar-refractivity contribution is 0.368. The van der Waals surface area contributed by atoms with Gasteiger partial charge in [0.15, 0.2) is 5.82 Å². The van der Waals surface area contributed by atoms with E-state index in [0.29, 0.717) is 5.92 Å². The highest BCUT2D eigenvalue weighted by molar-refractivity contribution is 4.99. The lowest BCUT2D eigenvalue weighted by Crippen LogP contribution is -2.10. The summed E-state index contributed by atoms with van der Waals surface area (Å²) in [6.45, 7) is 3.19. The number of rotatable bonds is 4. The fourth-order valence-electron chi connectivity index (χ4n) is 2.21. The van der Waals surface area contributed by atoms with Crippen LogP contribution in [-0.4, -0.2) is 23.7 Å². The van der Waals surface area contributed by atoms with Crippen LogP contribution in [-0.2, 0) is 6.42 Å². The first kappa shape index (κ1) is 10.6. The molecule has 2 unspecified atom stereocenters. The second-order valence-electron chi connectivity index (χ2n) is 4.52. The van der Waals surface area contributed by atoms with Gasteiger partial charge in [0.2, 0.25) is 5.89 Å². The maximum absolute atomic E-state index is 5.21. The molecule has 0 radical (unpaired) electrons. The SMILES string of the molecule is CNCCc1nc(C2CCC(C)C2)no1. The Labute approximate surface area is 90.4 Å². The maximum atomic E-state index is 5.21. The second-order valence-corrected chi connectivity index (χ2v) is 4.52. The van der Waals surface area contributed by atoms with E-state index in [-0.39, 0.29) is 0 Å². The van der Waals surface area contributed by atoms with Crippen molar-refractivity contribution in [2.75, 3.05) is 13.6 Å². The van der Waals surface area contributed by atoms with Crippen molar-refractivity contribution >= 4 is 0 Å². The molecule has 1 N–H and O–H groups in total. The van der Waals surface area contributed by atoms with Gasteiger partial charge in [-0.1, -0.05) is 12.1 Å². The second kappa shape index (κ2) is 4.75. The van der Waals surface area contributed by atoms with Gasteiger partial charge in [0.05, 0.1) is 0 Å². The highest BCUT2D eigenvalue weighted by atomic mass is 16.5. The minimum atomic E-state index is 0.534. The first-order chi connectivity index (χ1) is 7.29. The third-order valence-electron chi connectivity index (χ3n) is 3.13. The van der Waals surface area contributed by atoms with Crippen LogP contribution in [0.2, 0.25) is 0 Å². The van der Waals surface area contributed by atoms with Gasteiger partial charge in [0.1, 0.15) is 0 Å². The number of nitrogens with zero attached hydrogens (tertiary/aromatic N) is 2.